The largest absolute Gasteiger partial charge is 0.495 e. The molecule has 1 amide bonds. The fraction of sp³-hybridized carbons (Fsp3) is 0.333. The van der Waals surface area contributed by atoms with E-state index in [9.17, 15) is 4.79 Å². The zero-order chi connectivity index (χ0) is 20.1. The molecule has 0 atom stereocenters. The number of nitrogens with zero attached hydrogens (tertiary/aromatic N) is 3. The topological polar surface area (TPSA) is 65.8 Å². The van der Waals surface area contributed by atoms with Gasteiger partial charge in [-0.25, -0.2) is 0 Å². The van der Waals surface area contributed by atoms with Crippen LogP contribution in [0.3, 0.4) is 0 Å². The first-order chi connectivity index (χ1) is 13.6. The van der Waals surface area contributed by atoms with Crippen molar-refractivity contribution in [2.45, 2.75) is 6.42 Å². The van der Waals surface area contributed by atoms with Crippen molar-refractivity contribution in [1.29, 1.82) is 5.26 Å². The molecule has 0 radical (unpaired) electrons. The van der Waals surface area contributed by atoms with Gasteiger partial charge in [0, 0.05) is 37.4 Å². The normalized spacial score (nSPS) is 14.2. The van der Waals surface area contributed by atoms with Crippen LogP contribution in [-0.2, 0) is 0 Å². The van der Waals surface area contributed by atoms with E-state index in [1.54, 1.807) is 26.4 Å². The Kier molecular flexibility index (Phi) is 6.42. The molecule has 3 rings (SSSR count). The molecular formula is C21H22BrN3O3. The van der Waals surface area contributed by atoms with Crippen molar-refractivity contribution in [3.05, 3.63) is 52.0 Å². The van der Waals surface area contributed by atoms with Gasteiger partial charge in [-0.1, -0.05) is 0 Å². The quantitative estimate of drug-likeness (QED) is 0.720. The molecule has 146 valence electrons. The van der Waals surface area contributed by atoms with Gasteiger partial charge in [-0.2, -0.15) is 5.26 Å². The van der Waals surface area contributed by atoms with Crippen LogP contribution in [0, 0.1) is 11.3 Å². The molecule has 0 bridgehead atoms. The lowest BCUT2D eigenvalue weighted by Gasteiger charge is -2.24. The van der Waals surface area contributed by atoms with Crippen LogP contribution < -0.4 is 14.4 Å². The van der Waals surface area contributed by atoms with Crippen LogP contribution in [0.4, 0.5) is 5.69 Å². The van der Waals surface area contributed by atoms with Crippen molar-refractivity contribution in [2.24, 2.45) is 0 Å². The number of hydrogen-bond donors (Lipinski definition) is 0. The van der Waals surface area contributed by atoms with Crippen LogP contribution in [-0.4, -0.2) is 51.2 Å². The number of carbonyl (C=O) groups is 1. The SMILES string of the molecule is COc1cc(C(=O)N2CCCN(c3ccc(C#N)cc3)CC2)cc(OC)c1Br. The molecule has 0 aromatic heterocycles. The van der Waals surface area contributed by atoms with E-state index in [2.05, 4.69) is 26.9 Å². The summed E-state index contributed by atoms with van der Waals surface area (Å²) in [7, 11) is 3.13. The summed E-state index contributed by atoms with van der Waals surface area (Å²) in [6.45, 7) is 2.91. The Bertz CT molecular complexity index is 868. The number of hydrogen-bond acceptors (Lipinski definition) is 5. The highest BCUT2D eigenvalue weighted by Gasteiger charge is 2.23. The van der Waals surface area contributed by atoms with Gasteiger partial charge in [0.15, 0.2) is 0 Å². The van der Waals surface area contributed by atoms with Crippen LogP contribution in [0.15, 0.2) is 40.9 Å². The van der Waals surface area contributed by atoms with E-state index in [1.807, 2.05) is 29.2 Å². The number of anilines is 1. The maximum atomic E-state index is 13.1. The van der Waals surface area contributed by atoms with Crippen molar-refractivity contribution in [1.82, 2.24) is 4.90 Å². The Morgan fingerprint density at radius 1 is 1.04 bits per heavy atom. The molecule has 7 heteroatoms. The number of methoxy groups -OCH3 is 2. The zero-order valence-electron chi connectivity index (χ0n) is 15.9. The summed E-state index contributed by atoms with van der Waals surface area (Å²) in [5.41, 5.74) is 2.26. The molecule has 6 nitrogen and oxygen atoms in total. The summed E-state index contributed by atoms with van der Waals surface area (Å²) in [6.07, 6.45) is 0.872. The Morgan fingerprint density at radius 3 is 2.25 bits per heavy atom. The molecule has 28 heavy (non-hydrogen) atoms. The van der Waals surface area contributed by atoms with Gasteiger partial charge in [0.25, 0.3) is 5.91 Å². The maximum Gasteiger partial charge on any atom is 0.254 e. The molecule has 0 saturated carbocycles. The van der Waals surface area contributed by atoms with Crippen LogP contribution >= 0.6 is 15.9 Å². The molecule has 0 spiro atoms. The third-order valence-electron chi connectivity index (χ3n) is 4.84. The smallest absolute Gasteiger partial charge is 0.254 e. The van der Waals surface area contributed by atoms with Gasteiger partial charge in [-0.15, -0.1) is 0 Å². The highest BCUT2D eigenvalue weighted by atomic mass is 79.9. The Labute approximate surface area is 173 Å². The van der Waals surface area contributed by atoms with E-state index in [1.165, 1.54) is 0 Å². The zero-order valence-corrected chi connectivity index (χ0v) is 17.5. The molecule has 1 aliphatic rings. The van der Waals surface area contributed by atoms with Crippen LogP contribution in [0.5, 0.6) is 11.5 Å². The van der Waals surface area contributed by atoms with E-state index in [4.69, 9.17) is 14.7 Å². The number of halogens is 1. The van der Waals surface area contributed by atoms with Crippen molar-refractivity contribution in [3.8, 4) is 17.6 Å². The molecule has 1 fully saturated rings. The minimum absolute atomic E-state index is 0.0363. The van der Waals surface area contributed by atoms with Gasteiger partial charge in [0.2, 0.25) is 0 Å². The van der Waals surface area contributed by atoms with Gasteiger partial charge < -0.3 is 19.3 Å². The number of rotatable bonds is 4. The Hall–Kier alpha value is -2.72. The standard InChI is InChI=1S/C21H22BrN3O3/c1-27-18-12-16(13-19(28-2)20(18)22)21(26)25-9-3-8-24(10-11-25)17-6-4-15(14-23)5-7-17/h4-7,12-13H,3,8-11H2,1-2H3. The predicted octanol–water partition coefficient (Wildman–Crippen LogP) is 3.69. The van der Waals surface area contributed by atoms with Crippen molar-refractivity contribution in [2.75, 3.05) is 45.3 Å². The van der Waals surface area contributed by atoms with Crippen molar-refractivity contribution >= 4 is 27.5 Å². The van der Waals surface area contributed by atoms with Crippen LogP contribution in [0.2, 0.25) is 0 Å². The lowest BCUT2D eigenvalue weighted by molar-refractivity contribution is 0.0766. The third-order valence-corrected chi connectivity index (χ3v) is 5.62. The fourth-order valence-corrected chi connectivity index (χ4v) is 3.85. The molecule has 0 aliphatic carbocycles. The molecule has 1 saturated heterocycles. The van der Waals surface area contributed by atoms with Crippen molar-refractivity contribution < 1.29 is 14.3 Å². The van der Waals surface area contributed by atoms with E-state index in [0.717, 1.165) is 25.2 Å². The maximum absolute atomic E-state index is 13.1. The van der Waals surface area contributed by atoms with Gasteiger partial charge in [0.1, 0.15) is 16.0 Å². The van der Waals surface area contributed by atoms with E-state index >= 15 is 0 Å². The molecule has 1 aliphatic heterocycles. The van der Waals surface area contributed by atoms with Gasteiger partial charge in [-0.05, 0) is 58.7 Å². The summed E-state index contributed by atoms with van der Waals surface area (Å²) in [6, 6.07) is 13.2. The second-order valence-electron chi connectivity index (χ2n) is 6.49. The Morgan fingerprint density at radius 2 is 1.68 bits per heavy atom. The first-order valence-electron chi connectivity index (χ1n) is 9.03. The average molecular weight is 444 g/mol. The van der Waals surface area contributed by atoms with Gasteiger partial charge >= 0.3 is 0 Å². The van der Waals surface area contributed by atoms with E-state index in [-0.39, 0.29) is 5.91 Å². The summed E-state index contributed by atoms with van der Waals surface area (Å²) in [5, 5.41) is 8.95. The second kappa shape index (κ2) is 8.98. The lowest BCUT2D eigenvalue weighted by Crippen LogP contribution is -2.35. The number of ether oxygens (including phenoxy) is 2. The van der Waals surface area contributed by atoms with E-state index in [0.29, 0.717) is 40.2 Å². The minimum Gasteiger partial charge on any atom is -0.495 e. The van der Waals surface area contributed by atoms with Gasteiger partial charge in [0.05, 0.1) is 25.9 Å². The monoisotopic (exact) mass is 443 g/mol. The first kappa shape index (κ1) is 20.0. The lowest BCUT2D eigenvalue weighted by atomic mass is 10.1. The highest BCUT2D eigenvalue weighted by Crippen LogP contribution is 2.36. The Balaban J connectivity index is 1.74. The highest BCUT2D eigenvalue weighted by molar-refractivity contribution is 9.10. The summed E-state index contributed by atoms with van der Waals surface area (Å²) >= 11 is 3.44. The molecule has 2 aromatic rings. The molecular weight excluding hydrogens is 422 g/mol. The summed E-state index contributed by atoms with van der Waals surface area (Å²) < 4.78 is 11.4. The van der Waals surface area contributed by atoms with Crippen molar-refractivity contribution in [3.63, 3.8) is 0 Å². The van der Waals surface area contributed by atoms with Crippen LogP contribution in [0.1, 0.15) is 22.3 Å². The number of carbonyl (C=O) groups excluding carboxylic acids is 1. The summed E-state index contributed by atoms with van der Waals surface area (Å²) in [4.78, 5) is 17.2. The summed E-state index contributed by atoms with van der Waals surface area (Å²) in [5.74, 6) is 1.10. The van der Waals surface area contributed by atoms with Crippen LogP contribution in [0.25, 0.3) is 0 Å². The third kappa shape index (κ3) is 4.23. The predicted molar refractivity (Wildman–Crippen MR) is 111 cm³/mol. The fourth-order valence-electron chi connectivity index (χ4n) is 3.30. The number of amides is 1. The van der Waals surface area contributed by atoms with E-state index < -0.39 is 0 Å². The number of nitriles is 1. The molecule has 0 N–H and O–H groups in total. The molecule has 2 aromatic carbocycles. The number of benzene rings is 2. The molecule has 1 heterocycles. The average Bonchev–Trinajstić information content (AvgIpc) is 2.99. The second-order valence-corrected chi connectivity index (χ2v) is 7.28. The molecule has 0 unspecified atom stereocenters. The van der Waals surface area contributed by atoms with Gasteiger partial charge in [-0.3, -0.25) is 4.79 Å². The minimum atomic E-state index is -0.0363. The first-order valence-corrected chi connectivity index (χ1v) is 9.82.